The molecule has 2 amide bonds. The summed E-state index contributed by atoms with van der Waals surface area (Å²) in [6.07, 6.45) is 1.68. The van der Waals surface area contributed by atoms with E-state index in [1.165, 1.54) is 5.56 Å². The summed E-state index contributed by atoms with van der Waals surface area (Å²) in [5.41, 5.74) is 2.49. The first-order valence-electron chi connectivity index (χ1n) is 8.42. The van der Waals surface area contributed by atoms with Gasteiger partial charge in [-0.2, -0.15) is 0 Å². The molecule has 0 aliphatic carbocycles. The van der Waals surface area contributed by atoms with Gasteiger partial charge in [0.15, 0.2) is 0 Å². The molecule has 3 rings (SSSR count). The molecule has 1 aromatic heterocycles. The van der Waals surface area contributed by atoms with Crippen LogP contribution in [-0.4, -0.2) is 52.8 Å². The summed E-state index contributed by atoms with van der Waals surface area (Å²) in [6, 6.07) is 13.7. The molecule has 1 saturated heterocycles. The Morgan fingerprint density at radius 1 is 1.00 bits per heavy atom. The predicted molar refractivity (Wildman–Crippen MR) is 96.2 cm³/mol. The van der Waals surface area contributed by atoms with Gasteiger partial charge in [0.2, 0.25) is 5.91 Å². The molecule has 1 aliphatic heterocycles. The minimum atomic E-state index is -0.0854. The van der Waals surface area contributed by atoms with Crippen molar-refractivity contribution in [3.8, 4) is 0 Å². The van der Waals surface area contributed by atoms with Crippen molar-refractivity contribution in [3.63, 3.8) is 0 Å². The minimum Gasteiger partial charge on any atom is -0.380 e. The van der Waals surface area contributed by atoms with Gasteiger partial charge in [0.25, 0.3) is 5.91 Å². The molecule has 6 nitrogen and oxygen atoms in total. The molecule has 2 heterocycles. The lowest BCUT2D eigenvalue weighted by atomic mass is 10.2. The van der Waals surface area contributed by atoms with E-state index in [1.807, 2.05) is 24.3 Å². The molecule has 1 fully saturated rings. The number of nitrogens with one attached hydrogen (secondary N) is 1. The van der Waals surface area contributed by atoms with Crippen LogP contribution in [0.15, 0.2) is 48.7 Å². The summed E-state index contributed by atoms with van der Waals surface area (Å²) < 4.78 is 0. The molecule has 1 aliphatic rings. The van der Waals surface area contributed by atoms with Crippen LogP contribution in [0.25, 0.3) is 0 Å². The van der Waals surface area contributed by atoms with Gasteiger partial charge < -0.3 is 15.1 Å². The molecule has 2 aromatic rings. The SMILES string of the molecule is CC(=O)N1CCN(C(=O)c2ccc(NCc3ccccc3)cn2)CC1. The Bertz CT molecular complexity index is 723. The van der Waals surface area contributed by atoms with Crippen LogP contribution >= 0.6 is 0 Å². The summed E-state index contributed by atoms with van der Waals surface area (Å²) in [6.45, 7) is 4.53. The number of hydrogen-bond acceptors (Lipinski definition) is 4. The molecule has 1 N–H and O–H groups in total. The molecule has 1 aromatic carbocycles. The Kier molecular flexibility index (Phi) is 5.28. The number of amides is 2. The molecule has 0 radical (unpaired) electrons. The van der Waals surface area contributed by atoms with Crippen LogP contribution in [0.5, 0.6) is 0 Å². The van der Waals surface area contributed by atoms with E-state index in [9.17, 15) is 9.59 Å². The Balaban J connectivity index is 1.55. The number of nitrogens with zero attached hydrogens (tertiary/aromatic N) is 3. The average Bonchev–Trinajstić information content (AvgIpc) is 2.67. The van der Waals surface area contributed by atoms with Crippen molar-refractivity contribution in [2.45, 2.75) is 13.5 Å². The predicted octanol–water partition coefficient (Wildman–Crippen LogP) is 2.00. The third-order valence-corrected chi connectivity index (χ3v) is 4.33. The number of pyridine rings is 1. The maximum absolute atomic E-state index is 12.5. The highest BCUT2D eigenvalue weighted by Crippen LogP contribution is 2.12. The number of carbonyl (C=O) groups excluding carboxylic acids is 2. The first-order chi connectivity index (χ1) is 12.1. The second kappa shape index (κ2) is 7.79. The van der Waals surface area contributed by atoms with Crippen molar-refractivity contribution in [1.29, 1.82) is 0 Å². The number of hydrogen-bond donors (Lipinski definition) is 1. The van der Waals surface area contributed by atoms with Gasteiger partial charge >= 0.3 is 0 Å². The summed E-state index contributed by atoms with van der Waals surface area (Å²) in [5, 5.41) is 3.29. The quantitative estimate of drug-likeness (QED) is 0.926. The van der Waals surface area contributed by atoms with Gasteiger partial charge in [0.1, 0.15) is 5.69 Å². The van der Waals surface area contributed by atoms with E-state index in [-0.39, 0.29) is 11.8 Å². The monoisotopic (exact) mass is 338 g/mol. The lowest BCUT2D eigenvalue weighted by Gasteiger charge is -2.34. The number of carbonyl (C=O) groups is 2. The minimum absolute atomic E-state index is 0.0547. The fraction of sp³-hybridized carbons (Fsp3) is 0.316. The van der Waals surface area contributed by atoms with E-state index < -0.39 is 0 Å². The van der Waals surface area contributed by atoms with Crippen molar-refractivity contribution in [2.75, 3.05) is 31.5 Å². The summed E-state index contributed by atoms with van der Waals surface area (Å²) in [5.74, 6) is -0.0307. The van der Waals surface area contributed by atoms with E-state index >= 15 is 0 Å². The zero-order chi connectivity index (χ0) is 17.6. The highest BCUT2D eigenvalue weighted by Gasteiger charge is 2.23. The topological polar surface area (TPSA) is 65.5 Å². The lowest BCUT2D eigenvalue weighted by molar-refractivity contribution is -0.130. The fourth-order valence-electron chi connectivity index (χ4n) is 2.81. The highest BCUT2D eigenvalue weighted by molar-refractivity contribution is 5.92. The number of anilines is 1. The summed E-state index contributed by atoms with van der Waals surface area (Å²) >= 11 is 0. The van der Waals surface area contributed by atoms with Crippen LogP contribution in [-0.2, 0) is 11.3 Å². The van der Waals surface area contributed by atoms with Crippen molar-refractivity contribution in [1.82, 2.24) is 14.8 Å². The van der Waals surface area contributed by atoms with Crippen molar-refractivity contribution in [2.24, 2.45) is 0 Å². The van der Waals surface area contributed by atoms with Crippen molar-refractivity contribution < 1.29 is 9.59 Å². The fourth-order valence-corrected chi connectivity index (χ4v) is 2.81. The van der Waals surface area contributed by atoms with Gasteiger partial charge in [-0.25, -0.2) is 4.98 Å². The average molecular weight is 338 g/mol. The Morgan fingerprint density at radius 2 is 1.68 bits per heavy atom. The molecule has 0 spiro atoms. The van der Waals surface area contributed by atoms with Crippen LogP contribution in [0.1, 0.15) is 23.0 Å². The second-order valence-corrected chi connectivity index (χ2v) is 6.07. The standard InChI is InChI=1S/C19H22N4O2/c1-15(24)22-9-11-23(12-10-22)19(25)18-8-7-17(14-21-18)20-13-16-5-3-2-4-6-16/h2-8,14,20H,9-13H2,1H3. The highest BCUT2D eigenvalue weighted by atomic mass is 16.2. The van der Waals surface area contributed by atoms with Crippen LogP contribution < -0.4 is 5.32 Å². The van der Waals surface area contributed by atoms with E-state index in [0.717, 1.165) is 5.69 Å². The van der Waals surface area contributed by atoms with Gasteiger partial charge in [-0.3, -0.25) is 9.59 Å². The molecular weight excluding hydrogens is 316 g/mol. The number of benzene rings is 1. The number of aromatic nitrogens is 1. The zero-order valence-corrected chi connectivity index (χ0v) is 14.3. The van der Waals surface area contributed by atoms with Crippen LogP contribution in [0.3, 0.4) is 0 Å². The largest absolute Gasteiger partial charge is 0.380 e. The Hall–Kier alpha value is -2.89. The molecule has 25 heavy (non-hydrogen) atoms. The van der Waals surface area contributed by atoms with Crippen LogP contribution in [0, 0.1) is 0 Å². The van der Waals surface area contributed by atoms with Gasteiger partial charge in [-0.15, -0.1) is 0 Å². The molecule has 6 heteroatoms. The van der Waals surface area contributed by atoms with Crippen LogP contribution in [0.4, 0.5) is 5.69 Å². The van der Waals surface area contributed by atoms with E-state index in [1.54, 1.807) is 29.0 Å². The van der Waals surface area contributed by atoms with E-state index in [4.69, 9.17) is 0 Å². The second-order valence-electron chi connectivity index (χ2n) is 6.07. The first kappa shape index (κ1) is 17.0. The number of rotatable bonds is 4. The molecule has 0 saturated carbocycles. The first-order valence-corrected chi connectivity index (χ1v) is 8.42. The Labute approximate surface area is 147 Å². The lowest BCUT2D eigenvalue weighted by Crippen LogP contribution is -2.50. The van der Waals surface area contributed by atoms with Gasteiger partial charge in [0.05, 0.1) is 11.9 Å². The van der Waals surface area contributed by atoms with Crippen LogP contribution in [0.2, 0.25) is 0 Å². The molecule has 0 atom stereocenters. The smallest absolute Gasteiger partial charge is 0.272 e. The zero-order valence-electron chi connectivity index (χ0n) is 14.3. The molecule has 0 bridgehead atoms. The summed E-state index contributed by atoms with van der Waals surface area (Å²) in [7, 11) is 0. The van der Waals surface area contributed by atoms with E-state index in [0.29, 0.717) is 38.4 Å². The Morgan fingerprint density at radius 3 is 2.28 bits per heavy atom. The van der Waals surface area contributed by atoms with Gasteiger partial charge in [-0.1, -0.05) is 30.3 Å². The number of piperazine rings is 1. The van der Waals surface area contributed by atoms with Crippen molar-refractivity contribution in [3.05, 3.63) is 59.9 Å². The summed E-state index contributed by atoms with van der Waals surface area (Å²) in [4.78, 5) is 31.6. The molecule has 130 valence electrons. The van der Waals surface area contributed by atoms with Crippen molar-refractivity contribution >= 4 is 17.5 Å². The normalized spacial score (nSPS) is 14.3. The maximum Gasteiger partial charge on any atom is 0.272 e. The third kappa shape index (κ3) is 4.35. The molecule has 0 unspecified atom stereocenters. The van der Waals surface area contributed by atoms with Gasteiger partial charge in [-0.05, 0) is 17.7 Å². The maximum atomic E-state index is 12.5. The van der Waals surface area contributed by atoms with E-state index in [2.05, 4.69) is 22.4 Å². The molecular formula is C19H22N4O2. The van der Waals surface area contributed by atoms with Gasteiger partial charge in [0, 0.05) is 39.6 Å². The third-order valence-electron chi connectivity index (χ3n) is 4.33.